The lowest BCUT2D eigenvalue weighted by atomic mass is 10.2. The predicted octanol–water partition coefficient (Wildman–Crippen LogP) is 3.25. The summed E-state index contributed by atoms with van der Waals surface area (Å²) in [6.07, 6.45) is 0.881. The Bertz CT molecular complexity index is 463. The van der Waals surface area contributed by atoms with Gasteiger partial charge in [0, 0.05) is 16.7 Å². The molecule has 0 saturated carbocycles. The molecule has 4 heteroatoms. The van der Waals surface area contributed by atoms with Crippen LogP contribution in [0.3, 0.4) is 0 Å². The fourth-order valence-electron chi connectivity index (χ4n) is 1.46. The molecule has 2 N–H and O–H groups in total. The van der Waals surface area contributed by atoms with Gasteiger partial charge in [-0.2, -0.15) is 0 Å². The second kappa shape index (κ2) is 6.19. The average Bonchev–Trinajstić information content (AvgIpc) is 2.77. The van der Waals surface area contributed by atoms with Crippen molar-refractivity contribution in [2.75, 3.05) is 6.54 Å². The van der Waals surface area contributed by atoms with Gasteiger partial charge in [0.1, 0.15) is 5.01 Å². The van der Waals surface area contributed by atoms with Crippen LogP contribution < -0.4 is 5.73 Å². The summed E-state index contributed by atoms with van der Waals surface area (Å²) >= 11 is 3.55. The molecular weight excluding hydrogens is 248 g/mol. The quantitative estimate of drug-likeness (QED) is 0.843. The molecule has 1 aromatic heterocycles. The van der Waals surface area contributed by atoms with Gasteiger partial charge in [-0.3, -0.25) is 0 Å². The Balaban J connectivity index is 1.90. The number of thioether (sulfide) groups is 1. The number of rotatable bonds is 5. The third-order valence-electron chi connectivity index (χ3n) is 2.38. The number of hydrogen-bond donors (Lipinski definition) is 1. The van der Waals surface area contributed by atoms with Gasteiger partial charge in [0.25, 0.3) is 0 Å². The van der Waals surface area contributed by atoms with Crippen molar-refractivity contribution in [2.45, 2.75) is 24.0 Å². The Morgan fingerprint density at radius 1 is 1.29 bits per heavy atom. The number of aryl methyl sites for hydroxylation is 1. The molecule has 0 fully saturated rings. The molecule has 0 aliphatic carbocycles. The van der Waals surface area contributed by atoms with Crippen molar-refractivity contribution in [3.8, 4) is 0 Å². The van der Waals surface area contributed by atoms with Gasteiger partial charge in [0.15, 0.2) is 0 Å². The molecule has 0 unspecified atom stereocenters. The average molecular weight is 264 g/mol. The highest BCUT2D eigenvalue weighted by Crippen LogP contribution is 2.24. The van der Waals surface area contributed by atoms with Gasteiger partial charge in [0.2, 0.25) is 0 Å². The van der Waals surface area contributed by atoms with Crippen LogP contribution in [0.25, 0.3) is 0 Å². The lowest BCUT2D eigenvalue weighted by Gasteiger charge is -1.99. The van der Waals surface area contributed by atoms with Gasteiger partial charge in [-0.25, -0.2) is 4.98 Å². The number of hydrogen-bond acceptors (Lipinski definition) is 4. The molecule has 17 heavy (non-hydrogen) atoms. The van der Waals surface area contributed by atoms with Crippen LogP contribution in [0.4, 0.5) is 0 Å². The molecule has 0 spiro atoms. The summed E-state index contributed by atoms with van der Waals surface area (Å²) in [7, 11) is 0. The molecular formula is C13H16N2S2. The van der Waals surface area contributed by atoms with E-state index < -0.39 is 0 Å². The van der Waals surface area contributed by atoms with E-state index in [1.54, 1.807) is 11.3 Å². The van der Waals surface area contributed by atoms with E-state index >= 15 is 0 Å². The maximum atomic E-state index is 5.51. The van der Waals surface area contributed by atoms with E-state index in [2.05, 4.69) is 41.6 Å². The van der Waals surface area contributed by atoms with Gasteiger partial charge < -0.3 is 5.73 Å². The summed E-state index contributed by atoms with van der Waals surface area (Å²) in [6.45, 7) is 2.78. The molecule has 1 aromatic carbocycles. The first-order valence-electron chi connectivity index (χ1n) is 5.61. The summed E-state index contributed by atoms with van der Waals surface area (Å²) < 4.78 is 0. The molecule has 0 atom stereocenters. The van der Waals surface area contributed by atoms with Crippen LogP contribution in [0.1, 0.15) is 16.3 Å². The minimum Gasteiger partial charge on any atom is -0.330 e. The lowest BCUT2D eigenvalue weighted by molar-refractivity contribution is 0.928. The molecule has 90 valence electrons. The molecule has 0 aliphatic heterocycles. The number of nitrogens with two attached hydrogens (primary N) is 1. The highest BCUT2D eigenvalue weighted by atomic mass is 32.2. The maximum absolute atomic E-state index is 5.51. The summed E-state index contributed by atoms with van der Waals surface area (Å²) in [4.78, 5) is 5.85. The van der Waals surface area contributed by atoms with Crippen LogP contribution in [0.5, 0.6) is 0 Å². The molecule has 0 aliphatic rings. The van der Waals surface area contributed by atoms with Crippen molar-refractivity contribution in [3.05, 3.63) is 45.9 Å². The van der Waals surface area contributed by atoms with E-state index in [0.29, 0.717) is 6.54 Å². The van der Waals surface area contributed by atoms with Crippen LogP contribution in [0.2, 0.25) is 0 Å². The smallest absolute Gasteiger partial charge is 0.103 e. The Morgan fingerprint density at radius 3 is 2.76 bits per heavy atom. The highest BCUT2D eigenvalue weighted by molar-refractivity contribution is 7.98. The first-order valence-corrected chi connectivity index (χ1v) is 7.47. The molecule has 0 saturated heterocycles. The second-order valence-electron chi connectivity index (χ2n) is 3.87. The number of aromatic nitrogens is 1. The third-order valence-corrected chi connectivity index (χ3v) is 4.49. The first-order chi connectivity index (χ1) is 8.28. The summed E-state index contributed by atoms with van der Waals surface area (Å²) in [6, 6.07) is 8.61. The normalized spacial score (nSPS) is 10.7. The van der Waals surface area contributed by atoms with E-state index in [-0.39, 0.29) is 0 Å². The molecule has 2 rings (SSSR count). The van der Waals surface area contributed by atoms with Crippen LogP contribution in [-0.2, 0) is 12.2 Å². The SMILES string of the molecule is Cc1ccc(SCc2nc(CCN)cs2)cc1. The van der Waals surface area contributed by atoms with Crippen LogP contribution in [-0.4, -0.2) is 11.5 Å². The van der Waals surface area contributed by atoms with Crippen LogP contribution in [0.15, 0.2) is 34.5 Å². The van der Waals surface area contributed by atoms with Crippen molar-refractivity contribution in [3.63, 3.8) is 0 Å². The molecule has 0 radical (unpaired) electrons. The minimum atomic E-state index is 0.675. The van der Waals surface area contributed by atoms with Crippen molar-refractivity contribution in [1.29, 1.82) is 0 Å². The standard InChI is InChI=1S/C13H16N2S2/c1-10-2-4-12(5-3-10)16-9-13-15-11(6-7-14)8-17-13/h2-5,8H,6-7,9,14H2,1H3. The second-order valence-corrected chi connectivity index (χ2v) is 5.86. The summed E-state index contributed by atoms with van der Waals surface area (Å²) in [5, 5.41) is 3.29. The Hall–Kier alpha value is -0.840. The number of nitrogens with zero attached hydrogens (tertiary/aromatic N) is 1. The zero-order valence-electron chi connectivity index (χ0n) is 9.85. The fraction of sp³-hybridized carbons (Fsp3) is 0.308. The van der Waals surface area contributed by atoms with E-state index in [9.17, 15) is 0 Å². The van der Waals surface area contributed by atoms with Gasteiger partial charge in [0.05, 0.1) is 11.4 Å². The summed E-state index contributed by atoms with van der Waals surface area (Å²) in [5.41, 5.74) is 7.93. The van der Waals surface area contributed by atoms with E-state index in [0.717, 1.165) is 17.9 Å². The zero-order chi connectivity index (χ0) is 12.1. The van der Waals surface area contributed by atoms with Crippen LogP contribution >= 0.6 is 23.1 Å². The largest absolute Gasteiger partial charge is 0.330 e. The third kappa shape index (κ3) is 3.84. The zero-order valence-corrected chi connectivity index (χ0v) is 11.5. The number of benzene rings is 1. The van der Waals surface area contributed by atoms with Crippen molar-refractivity contribution in [1.82, 2.24) is 4.98 Å². The highest BCUT2D eigenvalue weighted by Gasteiger charge is 2.02. The molecule has 2 aromatic rings. The lowest BCUT2D eigenvalue weighted by Crippen LogP contribution is -2.02. The molecule has 1 heterocycles. The minimum absolute atomic E-state index is 0.675. The summed E-state index contributed by atoms with van der Waals surface area (Å²) in [5.74, 6) is 0.943. The molecule has 2 nitrogen and oxygen atoms in total. The van der Waals surface area contributed by atoms with Gasteiger partial charge in [-0.05, 0) is 25.6 Å². The van der Waals surface area contributed by atoms with E-state index in [1.165, 1.54) is 15.5 Å². The van der Waals surface area contributed by atoms with Crippen molar-refractivity contribution < 1.29 is 0 Å². The van der Waals surface area contributed by atoms with Crippen LogP contribution in [0, 0.1) is 6.92 Å². The Morgan fingerprint density at radius 2 is 2.06 bits per heavy atom. The molecule has 0 amide bonds. The number of thiazole rings is 1. The van der Waals surface area contributed by atoms with Gasteiger partial charge in [-0.15, -0.1) is 23.1 Å². The van der Waals surface area contributed by atoms with Gasteiger partial charge in [-0.1, -0.05) is 17.7 Å². The van der Waals surface area contributed by atoms with E-state index in [4.69, 9.17) is 5.73 Å². The van der Waals surface area contributed by atoms with Crippen molar-refractivity contribution >= 4 is 23.1 Å². The van der Waals surface area contributed by atoms with E-state index in [1.807, 2.05) is 11.8 Å². The monoisotopic (exact) mass is 264 g/mol. The Labute approximate surface area is 110 Å². The topological polar surface area (TPSA) is 38.9 Å². The predicted molar refractivity (Wildman–Crippen MR) is 75.6 cm³/mol. The molecule has 0 bridgehead atoms. The van der Waals surface area contributed by atoms with Gasteiger partial charge >= 0.3 is 0 Å². The first kappa shape index (κ1) is 12.6. The Kier molecular flexibility index (Phi) is 4.59. The maximum Gasteiger partial charge on any atom is 0.103 e. The fourth-order valence-corrected chi connectivity index (χ4v) is 3.20. The van der Waals surface area contributed by atoms with Crippen molar-refractivity contribution in [2.24, 2.45) is 5.73 Å².